The van der Waals surface area contributed by atoms with Crippen molar-refractivity contribution in [3.63, 3.8) is 0 Å². The van der Waals surface area contributed by atoms with Crippen LogP contribution in [0.1, 0.15) is 33.4 Å². The molecule has 128 valence electrons. The summed E-state index contributed by atoms with van der Waals surface area (Å²) in [4.78, 5) is 16.6. The number of benzene rings is 1. The number of carbonyl (C=O) groups excluding carboxylic acids is 1. The van der Waals surface area contributed by atoms with Crippen molar-refractivity contribution in [2.75, 3.05) is 13.1 Å². The summed E-state index contributed by atoms with van der Waals surface area (Å²) in [5.74, 6) is 1.06. The zero-order chi connectivity index (χ0) is 17.2. The molecular formula is C19H20N4OS. The Labute approximate surface area is 150 Å². The van der Waals surface area contributed by atoms with E-state index in [9.17, 15) is 4.79 Å². The number of rotatable bonds is 3. The first-order valence-corrected chi connectivity index (χ1v) is 9.34. The molecule has 1 fully saturated rings. The summed E-state index contributed by atoms with van der Waals surface area (Å²) in [5.41, 5.74) is 1.08. The Hall–Kier alpha value is -2.47. The molecule has 0 bridgehead atoms. The lowest BCUT2D eigenvalue weighted by atomic mass is 10.0. The Morgan fingerprint density at radius 1 is 1.12 bits per heavy atom. The van der Waals surface area contributed by atoms with E-state index < -0.39 is 0 Å². The third-order valence-electron chi connectivity index (χ3n) is 4.70. The van der Waals surface area contributed by atoms with Crippen molar-refractivity contribution in [2.24, 2.45) is 0 Å². The molecule has 4 rings (SSSR count). The molecular weight excluding hydrogens is 332 g/mol. The van der Waals surface area contributed by atoms with Crippen molar-refractivity contribution in [1.82, 2.24) is 19.7 Å². The zero-order valence-electron chi connectivity index (χ0n) is 14.1. The molecule has 1 aliphatic rings. The van der Waals surface area contributed by atoms with Gasteiger partial charge in [0.2, 0.25) is 0 Å². The van der Waals surface area contributed by atoms with E-state index in [-0.39, 0.29) is 5.91 Å². The molecule has 25 heavy (non-hydrogen) atoms. The van der Waals surface area contributed by atoms with E-state index in [0.29, 0.717) is 6.04 Å². The van der Waals surface area contributed by atoms with Crippen LogP contribution in [0.25, 0.3) is 11.4 Å². The second kappa shape index (κ2) is 6.80. The Bertz CT molecular complexity index is 862. The standard InChI is InChI=1S/C19H20N4OS/c1-14-7-8-17(25-14)19(24)22-11-9-16(10-12-22)23-13-20-21-18(23)15-5-3-2-4-6-15/h2-8,13,16H,9-12H2,1H3. The van der Waals surface area contributed by atoms with Gasteiger partial charge in [0.15, 0.2) is 5.82 Å². The summed E-state index contributed by atoms with van der Waals surface area (Å²) >= 11 is 1.57. The van der Waals surface area contributed by atoms with Gasteiger partial charge in [0.1, 0.15) is 6.33 Å². The fraction of sp³-hybridized carbons (Fsp3) is 0.316. The monoisotopic (exact) mass is 352 g/mol. The molecule has 0 unspecified atom stereocenters. The second-order valence-electron chi connectivity index (χ2n) is 6.36. The fourth-order valence-corrected chi connectivity index (χ4v) is 4.19. The van der Waals surface area contributed by atoms with E-state index in [1.807, 2.05) is 48.5 Å². The number of aromatic nitrogens is 3. The van der Waals surface area contributed by atoms with Gasteiger partial charge in [-0.3, -0.25) is 4.79 Å². The van der Waals surface area contributed by atoms with Gasteiger partial charge < -0.3 is 9.47 Å². The zero-order valence-corrected chi connectivity index (χ0v) is 14.9. The molecule has 0 atom stereocenters. The van der Waals surface area contributed by atoms with E-state index in [0.717, 1.165) is 42.2 Å². The molecule has 2 aromatic heterocycles. The molecule has 1 amide bonds. The summed E-state index contributed by atoms with van der Waals surface area (Å²) in [5, 5.41) is 8.41. The average molecular weight is 352 g/mol. The number of aryl methyl sites for hydroxylation is 1. The highest BCUT2D eigenvalue weighted by Crippen LogP contribution is 2.28. The summed E-state index contributed by atoms with van der Waals surface area (Å²) in [6, 6.07) is 14.4. The van der Waals surface area contributed by atoms with Crippen LogP contribution in [-0.4, -0.2) is 38.7 Å². The number of piperidine rings is 1. The molecule has 0 radical (unpaired) electrons. The topological polar surface area (TPSA) is 51.0 Å². The molecule has 0 N–H and O–H groups in total. The number of likely N-dealkylation sites (tertiary alicyclic amines) is 1. The molecule has 1 saturated heterocycles. The molecule has 1 aromatic carbocycles. The van der Waals surface area contributed by atoms with Crippen molar-refractivity contribution in [2.45, 2.75) is 25.8 Å². The van der Waals surface area contributed by atoms with E-state index in [2.05, 4.69) is 26.9 Å². The number of amides is 1. The average Bonchev–Trinajstić information content (AvgIpc) is 3.31. The lowest BCUT2D eigenvalue weighted by molar-refractivity contribution is 0.0700. The number of carbonyl (C=O) groups is 1. The Morgan fingerprint density at radius 2 is 1.88 bits per heavy atom. The highest BCUT2D eigenvalue weighted by atomic mass is 32.1. The number of hydrogen-bond acceptors (Lipinski definition) is 4. The Balaban J connectivity index is 1.46. The highest BCUT2D eigenvalue weighted by Gasteiger charge is 2.26. The first-order chi connectivity index (χ1) is 12.2. The molecule has 3 heterocycles. The lowest BCUT2D eigenvalue weighted by Crippen LogP contribution is -2.38. The van der Waals surface area contributed by atoms with Gasteiger partial charge in [-0.05, 0) is 31.9 Å². The predicted octanol–water partition coefficient (Wildman–Crippen LogP) is 3.79. The van der Waals surface area contributed by atoms with E-state index in [4.69, 9.17) is 0 Å². The lowest BCUT2D eigenvalue weighted by Gasteiger charge is -2.32. The van der Waals surface area contributed by atoms with Crippen LogP contribution in [0.15, 0.2) is 48.8 Å². The van der Waals surface area contributed by atoms with Crippen LogP contribution in [0.5, 0.6) is 0 Å². The Kier molecular flexibility index (Phi) is 4.36. The van der Waals surface area contributed by atoms with Gasteiger partial charge in [0, 0.05) is 29.6 Å². The number of thiophene rings is 1. The molecule has 1 aliphatic heterocycles. The van der Waals surface area contributed by atoms with Gasteiger partial charge >= 0.3 is 0 Å². The van der Waals surface area contributed by atoms with Crippen LogP contribution in [0, 0.1) is 6.92 Å². The van der Waals surface area contributed by atoms with E-state index >= 15 is 0 Å². The summed E-state index contributed by atoms with van der Waals surface area (Å²) in [7, 11) is 0. The van der Waals surface area contributed by atoms with Crippen LogP contribution in [0.4, 0.5) is 0 Å². The maximum Gasteiger partial charge on any atom is 0.263 e. The smallest absolute Gasteiger partial charge is 0.263 e. The number of nitrogens with zero attached hydrogens (tertiary/aromatic N) is 4. The van der Waals surface area contributed by atoms with Crippen molar-refractivity contribution in [1.29, 1.82) is 0 Å². The summed E-state index contributed by atoms with van der Waals surface area (Å²) < 4.78 is 2.16. The van der Waals surface area contributed by atoms with E-state index in [1.54, 1.807) is 11.3 Å². The van der Waals surface area contributed by atoms with Crippen LogP contribution >= 0.6 is 11.3 Å². The number of hydrogen-bond donors (Lipinski definition) is 0. The minimum Gasteiger partial charge on any atom is -0.338 e. The first kappa shape index (κ1) is 16.0. The summed E-state index contributed by atoms with van der Waals surface area (Å²) in [6.45, 7) is 3.57. The van der Waals surface area contributed by atoms with Gasteiger partial charge in [-0.1, -0.05) is 30.3 Å². The van der Waals surface area contributed by atoms with Gasteiger partial charge in [0.25, 0.3) is 5.91 Å². The first-order valence-electron chi connectivity index (χ1n) is 8.53. The molecule has 6 heteroatoms. The maximum absolute atomic E-state index is 12.6. The molecule has 5 nitrogen and oxygen atoms in total. The third kappa shape index (κ3) is 3.22. The van der Waals surface area contributed by atoms with Crippen LogP contribution in [0.3, 0.4) is 0 Å². The van der Waals surface area contributed by atoms with Gasteiger partial charge in [-0.25, -0.2) is 0 Å². The normalized spacial score (nSPS) is 15.5. The molecule has 3 aromatic rings. The van der Waals surface area contributed by atoms with Gasteiger partial charge in [-0.2, -0.15) is 0 Å². The highest BCUT2D eigenvalue weighted by molar-refractivity contribution is 7.13. The minimum absolute atomic E-state index is 0.156. The van der Waals surface area contributed by atoms with Crippen LogP contribution < -0.4 is 0 Å². The van der Waals surface area contributed by atoms with Crippen molar-refractivity contribution in [3.05, 3.63) is 58.5 Å². The second-order valence-corrected chi connectivity index (χ2v) is 7.65. The largest absolute Gasteiger partial charge is 0.338 e. The maximum atomic E-state index is 12.6. The van der Waals surface area contributed by atoms with Crippen molar-refractivity contribution in [3.8, 4) is 11.4 Å². The predicted molar refractivity (Wildman–Crippen MR) is 98.7 cm³/mol. The van der Waals surface area contributed by atoms with Crippen LogP contribution in [0.2, 0.25) is 0 Å². The SMILES string of the molecule is Cc1ccc(C(=O)N2CCC(n3cnnc3-c3ccccc3)CC2)s1. The molecule has 0 saturated carbocycles. The minimum atomic E-state index is 0.156. The molecule has 0 spiro atoms. The summed E-state index contributed by atoms with van der Waals surface area (Å²) in [6.07, 6.45) is 3.66. The van der Waals surface area contributed by atoms with Gasteiger partial charge in [0.05, 0.1) is 4.88 Å². The quantitative estimate of drug-likeness (QED) is 0.720. The Morgan fingerprint density at radius 3 is 2.56 bits per heavy atom. The fourth-order valence-electron chi connectivity index (χ4n) is 3.36. The van der Waals surface area contributed by atoms with Gasteiger partial charge in [-0.15, -0.1) is 21.5 Å². The third-order valence-corrected chi connectivity index (χ3v) is 5.69. The van der Waals surface area contributed by atoms with Crippen LogP contribution in [-0.2, 0) is 0 Å². The van der Waals surface area contributed by atoms with Crippen molar-refractivity contribution >= 4 is 17.2 Å². The van der Waals surface area contributed by atoms with E-state index in [1.165, 1.54) is 4.88 Å². The van der Waals surface area contributed by atoms with Crippen molar-refractivity contribution < 1.29 is 4.79 Å². The molecule has 0 aliphatic carbocycles.